The van der Waals surface area contributed by atoms with Crippen molar-refractivity contribution in [3.8, 4) is 0 Å². The van der Waals surface area contributed by atoms with Gasteiger partial charge < -0.3 is 5.32 Å². The molecule has 0 saturated carbocycles. The molecule has 2 heteroatoms. The van der Waals surface area contributed by atoms with E-state index < -0.39 is 0 Å². The molecule has 1 aromatic heterocycles. The van der Waals surface area contributed by atoms with E-state index in [0.717, 1.165) is 6.54 Å². The molecule has 0 aliphatic heterocycles. The van der Waals surface area contributed by atoms with Gasteiger partial charge in [-0.3, -0.25) is 0 Å². The SMILES string of the molecule is CCCc1c(CNC)sc2ccc(C(C)C)cc12. The van der Waals surface area contributed by atoms with Gasteiger partial charge in [0.2, 0.25) is 0 Å². The van der Waals surface area contributed by atoms with E-state index in [1.54, 1.807) is 5.56 Å². The van der Waals surface area contributed by atoms with E-state index >= 15 is 0 Å². The fraction of sp³-hybridized carbons (Fsp3) is 0.500. The summed E-state index contributed by atoms with van der Waals surface area (Å²) in [4.78, 5) is 1.51. The summed E-state index contributed by atoms with van der Waals surface area (Å²) >= 11 is 1.95. The highest BCUT2D eigenvalue weighted by atomic mass is 32.1. The highest BCUT2D eigenvalue weighted by molar-refractivity contribution is 7.19. The van der Waals surface area contributed by atoms with Crippen LogP contribution in [0.2, 0.25) is 0 Å². The van der Waals surface area contributed by atoms with Gasteiger partial charge >= 0.3 is 0 Å². The average Bonchev–Trinajstić information content (AvgIpc) is 2.68. The quantitative estimate of drug-likeness (QED) is 0.823. The molecule has 0 aliphatic carbocycles. The molecule has 0 amide bonds. The molecule has 18 heavy (non-hydrogen) atoms. The van der Waals surface area contributed by atoms with E-state index in [1.165, 1.54) is 33.4 Å². The summed E-state index contributed by atoms with van der Waals surface area (Å²) in [5, 5.41) is 4.78. The van der Waals surface area contributed by atoms with Gasteiger partial charge in [0.1, 0.15) is 0 Å². The van der Waals surface area contributed by atoms with Gasteiger partial charge in [-0.2, -0.15) is 0 Å². The number of nitrogens with one attached hydrogen (secondary N) is 1. The first-order valence-electron chi connectivity index (χ1n) is 6.86. The minimum absolute atomic E-state index is 0.608. The fourth-order valence-corrected chi connectivity index (χ4v) is 3.65. The van der Waals surface area contributed by atoms with Crippen molar-refractivity contribution in [1.29, 1.82) is 0 Å². The molecule has 0 saturated heterocycles. The number of hydrogen-bond acceptors (Lipinski definition) is 2. The minimum atomic E-state index is 0.608. The van der Waals surface area contributed by atoms with Gasteiger partial charge in [0, 0.05) is 16.1 Å². The Morgan fingerprint density at radius 3 is 2.67 bits per heavy atom. The largest absolute Gasteiger partial charge is 0.315 e. The van der Waals surface area contributed by atoms with Crippen LogP contribution in [-0.2, 0) is 13.0 Å². The molecular weight excluding hydrogens is 238 g/mol. The predicted octanol–water partition coefficient (Wildman–Crippen LogP) is 4.70. The standard InChI is InChI=1S/C16H23NS/c1-5-6-13-14-9-12(11(2)3)7-8-15(14)18-16(13)10-17-4/h7-9,11,17H,5-6,10H2,1-4H3. The molecule has 0 fully saturated rings. The zero-order valence-electron chi connectivity index (χ0n) is 11.8. The molecule has 0 radical (unpaired) electrons. The summed E-state index contributed by atoms with van der Waals surface area (Å²) in [6, 6.07) is 6.98. The van der Waals surface area contributed by atoms with Crippen LogP contribution in [0.3, 0.4) is 0 Å². The Balaban J connectivity index is 2.55. The maximum absolute atomic E-state index is 3.29. The second-order valence-electron chi connectivity index (χ2n) is 5.19. The lowest BCUT2D eigenvalue weighted by Crippen LogP contribution is -2.05. The lowest BCUT2D eigenvalue weighted by atomic mass is 9.98. The van der Waals surface area contributed by atoms with E-state index in [4.69, 9.17) is 0 Å². The summed E-state index contributed by atoms with van der Waals surface area (Å²) in [6.07, 6.45) is 2.41. The van der Waals surface area contributed by atoms with E-state index in [-0.39, 0.29) is 0 Å². The van der Waals surface area contributed by atoms with Gasteiger partial charge in [0.25, 0.3) is 0 Å². The van der Waals surface area contributed by atoms with E-state index in [2.05, 4.69) is 44.3 Å². The summed E-state index contributed by atoms with van der Waals surface area (Å²) in [5.41, 5.74) is 3.02. The molecule has 0 aliphatic rings. The van der Waals surface area contributed by atoms with Crippen molar-refractivity contribution in [2.24, 2.45) is 0 Å². The average molecular weight is 261 g/mol. The van der Waals surface area contributed by atoms with Crippen molar-refractivity contribution in [2.45, 2.75) is 46.1 Å². The van der Waals surface area contributed by atoms with Crippen molar-refractivity contribution in [3.63, 3.8) is 0 Å². The van der Waals surface area contributed by atoms with Crippen LogP contribution < -0.4 is 5.32 Å². The van der Waals surface area contributed by atoms with E-state index in [1.807, 2.05) is 18.4 Å². The van der Waals surface area contributed by atoms with Crippen molar-refractivity contribution in [3.05, 3.63) is 34.2 Å². The van der Waals surface area contributed by atoms with Crippen LogP contribution in [0.15, 0.2) is 18.2 Å². The fourth-order valence-electron chi connectivity index (χ4n) is 2.40. The number of rotatable bonds is 5. The van der Waals surface area contributed by atoms with Crippen LogP contribution in [0.4, 0.5) is 0 Å². The number of thiophene rings is 1. The molecule has 0 unspecified atom stereocenters. The van der Waals surface area contributed by atoms with Gasteiger partial charge in [0.15, 0.2) is 0 Å². The van der Waals surface area contributed by atoms with Crippen molar-refractivity contribution < 1.29 is 0 Å². The number of hydrogen-bond donors (Lipinski definition) is 1. The molecule has 0 spiro atoms. The maximum Gasteiger partial charge on any atom is 0.0349 e. The highest BCUT2D eigenvalue weighted by Crippen LogP contribution is 2.34. The van der Waals surface area contributed by atoms with Crippen LogP contribution in [-0.4, -0.2) is 7.05 Å². The molecule has 1 heterocycles. The Morgan fingerprint density at radius 1 is 1.28 bits per heavy atom. The van der Waals surface area contributed by atoms with Crippen molar-refractivity contribution in [2.75, 3.05) is 7.05 Å². The summed E-state index contributed by atoms with van der Waals surface area (Å²) in [6.45, 7) is 7.79. The van der Waals surface area contributed by atoms with E-state index in [9.17, 15) is 0 Å². The van der Waals surface area contributed by atoms with Gasteiger partial charge in [-0.15, -0.1) is 11.3 Å². The summed E-state index contributed by atoms with van der Waals surface area (Å²) in [7, 11) is 2.03. The van der Waals surface area contributed by atoms with Crippen LogP contribution in [0.25, 0.3) is 10.1 Å². The summed E-state index contributed by atoms with van der Waals surface area (Å²) < 4.78 is 1.44. The lowest BCUT2D eigenvalue weighted by Gasteiger charge is -2.06. The zero-order chi connectivity index (χ0) is 13.1. The third-order valence-electron chi connectivity index (χ3n) is 3.40. The van der Waals surface area contributed by atoms with Gasteiger partial charge in [-0.05, 0) is 48.0 Å². The number of aryl methyl sites for hydroxylation is 1. The molecule has 2 aromatic rings. The Kier molecular flexibility index (Phi) is 4.41. The van der Waals surface area contributed by atoms with Gasteiger partial charge in [0.05, 0.1) is 0 Å². The number of benzene rings is 1. The van der Waals surface area contributed by atoms with Crippen molar-refractivity contribution >= 4 is 21.4 Å². The third kappa shape index (κ3) is 2.60. The van der Waals surface area contributed by atoms with E-state index in [0.29, 0.717) is 5.92 Å². The molecule has 0 atom stereocenters. The second kappa shape index (κ2) is 5.85. The van der Waals surface area contributed by atoms with Crippen LogP contribution in [0.5, 0.6) is 0 Å². The van der Waals surface area contributed by atoms with Gasteiger partial charge in [-0.1, -0.05) is 33.3 Å². The smallest absolute Gasteiger partial charge is 0.0349 e. The Bertz CT molecular complexity index is 525. The summed E-state index contributed by atoms with van der Waals surface area (Å²) in [5.74, 6) is 0.608. The topological polar surface area (TPSA) is 12.0 Å². The second-order valence-corrected chi connectivity index (χ2v) is 6.33. The predicted molar refractivity (Wildman–Crippen MR) is 82.7 cm³/mol. The Labute approximate surface area is 114 Å². The molecular formula is C16H23NS. The molecule has 1 nitrogen and oxygen atoms in total. The van der Waals surface area contributed by atoms with Gasteiger partial charge in [-0.25, -0.2) is 0 Å². The van der Waals surface area contributed by atoms with Crippen molar-refractivity contribution in [1.82, 2.24) is 5.32 Å². The Hall–Kier alpha value is -0.860. The molecule has 1 N–H and O–H groups in total. The molecule has 0 bridgehead atoms. The third-order valence-corrected chi connectivity index (χ3v) is 4.62. The Morgan fingerprint density at radius 2 is 2.06 bits per heavy atom. The molecule has 98 valence electrons. The maximum atomic E-state index is 3.29. The first-order chi connectivity index (χ1) is 8.67. The minimum Gasteiger partial charge on any atom is -0.315 e. The lowest BCUT2D eigenvalue weighted by molar-refractivity contribution is 0.812. The highest BCUT2D eigenvalue weighted by Gasteiger charge is 2.12. The van der Waals surface area contributed by atoms with Crippen LogP contribution in [0, 0.1) is 0 Å². The first-order valence-corrected chi connectivity index (χ1v) is 7.67. The number of fused-ring (bicyclic) bond motifs is 1. The van der Waals surface area contributed by atoms with Crippen LogP contribution in [0.1, 0.15) is 49.1 Å². The zero-order valence-corrected chi connectivity index (χ0v) is 12.7. The molecule has 2 rings (SSSR count). The normalized spacial score (nSPS) is 11.6. The first kappa shape index (κ1) is 13.6. The monoisotopic (exact) mass is 261 g/mol. The molecule has 1 aromatic carbocycles. The van der Waals surface area contributed by atoms with Crippen LogP contribution >= 0.6 is 11.3 Å².